The highest BCUT2D eigenvalue weighted by Gasteiger charge is 2.16. The number of rotatable bonds is 5. The third-order valence-electron chi connectivity index (χ3n) is 2.10. The van der Waals surface area contributed by atoms with Crippen molar-refractivity contribution in [3.05, 3.63) is 0 Å². The first kappa shape index (κ1) is 9.92. The lowest BCUT2D eigenvalue weighted by atomic mass is 10.2. The van der Waals surface area contributed by atoms with E-state index in [-0.39, 0.29) is 25.4 Å². The van der Waals surface area contributed by atoms with Gasteiger partial charge >= 0.3 is 0 Å². The Hall–Kier alpha value is -0.160. The minimum Gasteiger partial charge on any atom is -0.395 e. The molecule has 12 heavy (non-hydrogen) atoms. The van der Waals surface area contributed by atoms with E-state index < -0.39 is 0 Å². The Morgan fingerprint density at radius 1 is 1.42 bits per heavy atom. The Kier molecular flexibility index (Phi) is 4.53. The number of nitrogens with one attached hydrogen (secondary N) is 1. The maximum atomic E-state index is 8.74. The third kappa shape index (κ3) is 3.06. The van der Waals surface area contributed by atoms with E-state index in [0.29, 0.717) is 0 Å². The molecular formula is C8H17NO3. The van der Waals surface area contributed by atoms with Gasteiger partial charge in [0.2, 0.25) is 0 Å². The Bertz CT molecular complexity index is 109. The molecule has 0 amide bonds. The zero-order chi connectivity index (χ0) is 8.81. The highest BCUT2D eigenvalue weighted by atomic mass is 16.5. The van der Waals surface area contributed by atoms with Crippen LogP contribution in [0.15, 0.2) is 0 Å². The van der Waals surface area contributed by atoms with Crippen molar-refractivity contribution >= 4 is 0 Å². The zero-order valence-electron chi connectivity index (χ0n) is 7.20. The molecule has 1 aliphatic rings. The van der Waals surface area contributed by atoms with Crippen LogP contribution in [-0.2, 0) is 4.74 Å². The van der Waals surface area contributed by atoms with Gasteiger partial charge in [0.1, 0.15) is 0 Å². The van der Waals surface area contributed by atoms with Crippen LogP contribution in [0.2, 0.25) is 0 Å². The first-order chi connectivity index (χ1) is 5.86. The minimum atomic E-state index is -0.200. The van der Waals surface area contributed by atoms with E-state index >= 15 is 0 Å². The van der Waals surface area contributed by atoms with Crippen LogP contribution >= 0.6 is 0 Å². The Morgan fingerprint density at radius 2 is 2.17 bits per heavy atom. The van der Waals surface area contributed by atoms with Gasteiger partial charge in [0, 0.05) is 13.2 Å². The Morgan fingerprint density at radius 3 is 2.67 bits per heavy atom. The van der Waals surface area contributed by atoms with Gasteiger partial charge in [-0.05, 0) is 12.8 Å². The predicted molar refractivity (Wildman–Crippen MR) is 44.9 cm³/mol. The molecule has 0 radical (unpaired) electrons. The molecule has 1 atom stereocenters. The molecular weight excluding hydrogens is 158 g/mol. The number of aliphatic hydroxyl groups is 2. The second-order valence-corrected chi connectivity index (χ2v) is 3.11. The fraction of sp³-hybridized carbons (Fsp3) is 1.00. The van der Waals surface area contributed by atoms with Gasteiger partial charge < -0.3 is 20.3 Å². The van der Waals surface area contributed by atoms with Gasteiger partial charge in [-0.15, -0.1) is 0 Å². The highest BCUT2D eigenvalue weighted by Crippen LogP contribution is 2.10. The van der Waals surface area contributed by atoms with Gasteiger partial charge in [0.15, 0.2) is 0 Å². The lowest BCUT2D eigenvalue weighted by Crippen LogP contribution is -2.40. The molecule has 0 aromatic carbocycles. The van der Waals surface area contributed by atoms with E-state index in [4.69, 9.17) is 14.9 Å². The second kappa shape index (κ2) is 5.48. The van der Waals surface area contributed by atoms with Crippen molar-refractivity contribution in [2.75, 3.05) is 26.4 Å². The first-order valence-electron chi connectivity index (χ1n) is 4.43. The highest BCUT2D eigenvalue weighted by molar-refractivity contribution is 4.71. The van der Waals surface area contributed by atoms with Crippen LogP contribution in [0.4, 0.5) is 0 Å². The Balaban J connectivity index is 2.06. The smallest absolute Gasteiger partial charge is 0.0700 e. The maximum absolute atomic E-state index is 8.74. The van der Waals surface area contributed by atoms with Crippen molar-refractivity contribution in [3.63, 3.8) is 0 Å². The molecule has 4 nitrogen and oxygen atoms in total. The normalized spacial score (nSPS) is 23.8. The van der Waals surface area contributed by atoms with E-state index in [1.54, 1.807) is 0 Å². The minimum absolute atomic E-state index is 0.0246. The number of aliphatic hydroxyl groups excluding tert-OH is 2. The van der Waals surface area contributed by atoms with E-state index in [0.717, 1.165) is 26.0 Å². The molecule has 0 spiro atoms. The van der Waals surface area contributed by atoms with Gasteiger partial charge in [-0.1, -0.05) is 0 Å². The molecule has 1 unspecified atom stereocenters. The summed E-state index contributed by atoms with van der Waals surface area (Å²) in [7, 11) is 0. The topological polar surface area (TPSA) is 61.7 Å². The summed E-state index contributed by atoms with van der Waals surface area (Å²) in [6.07, 6.45) is 2.47. The SMILES string of the molecule is OCC(CO)NCC1CCCO1. The largest absolute Gasteiger partial charge is 0.395 e. The molecule has 3 N–H and O–H groups in total. The molecule has 1 rings (SSSR count). The average Bonchev–Trinajstić information content (AvgIpc) is 2.59. The Labute approximate surface area is 72.5 Å². The number of hydrogen-bond acceptors (Lipinski definition) is 4. The van der Waals surface area contributed by atoms with Crippen LogP contribution in [0.5, 0.6) is 0 Å². The molecule has 0 aliphatic carbocycles. The molecule has 1 saturated heterocycles. The van der Waals surface area contributed by atoms with Crippen LogP contribution in [0.25, 0.3) is 0 Å². The van der Waals surface area contributed by atoms with Crippen LogP contribution in [0.3, 0.4) is 0 Å². The summed E-state index contributed by atoms with van der Waals surface area (Å²) >= 11 is 0. The summed E-state index contributed by atoms with van der Waals surface area (Å²) in [6.45, 7) is 1.52. The lowest BCUT2D eigenvalue weighted by molar-refractivity contribution is 0.0967. The summed E-state index contributed by atoms with van der Waals surface area (Å²) in [6, 6.07) is -0.200. The van der Waals surface area contributed by atoms with Crippen molar-refractivity contribution in [1.82, 2.24) is 5.32 Å². The molecule has 1 fully saturated rings. The molecule has 1 aliphatic heterocycles. The monoisotopic (exact) mass is 175 g/mol. The van der Waals surface area contributed by atoms with Crippen molar-refractivity contribution < 1.29 is 14.9 Å². The molecule has 0 aromatic heterocycles. The van der Waals surface area contributed by atoms with E-state index in [2.05, 4.69) is 5.32 Å². The fourth-order valence-electron chi connectivity index (χ4n) is 1.29. The van der Waals surface area contributed by atoms with Gasteiger partial charge in [0.05, 0.1) is 25.4 Å². The predicted octanol–water partition coefficient (Wildman–Crippen LogP) is -0.892. The standard InChI is InChI=1S/C8H17NO3/c10-5-7(6-11)9-4-8-2-1-3-12-8/h7-11H,1-6H2. The van der Waals surface area contributed by atoms with Crippen molar-refractivity contribution in [2.24, 2.45) is 0 Å². The summed E-state index contributed by atoms with van der Waals surface area (Å²) in [4.78, 5) is 0. The van der Waals surface area contributed by atoms with E-state index in [9.17, 15) is 0 Å². The third-order valence-corrected chi connectivity index (χ3v) is 2.10. The van der Waals surface area contributed by atoms with Gasteiger partial charge in [0.25, 0.3) is 0 Å². The summed E-state index contributed by atoms with van der Waals surface area (Å²) in [5.41, 5.74) is 0. The average molecular weight is 175 g/mol. The quantitative estimate of drug-likeness (QED) is 0.507. The number of hydrogen-bond donors (Lipinski definition) is 3. The summed E-state index contributed by atoms with van der Waals surface area (Å²) < 4.78 is 5.37. The van der Waals surface area contributed by atoms with Gasteiger partial charge in [-0.2, -0.15) is 0 Å². The van der Waals surface area contributed by atoms with Crippen LogP contribution in [0.1, 0.15) is 12.8 Å². The molecule has 72 valence electrons. The molecule has 1 heterocycles. The molecule has 0 bridgehead atoms. The van der Waals surface area contributed by atoms with Crippen molar-refractivity contribution in [2.45, 2.75) is 25.0 Å². The molecule has 0 aromatic rings. The summed E-state index contributed by atoms with van der Waals surface area (Å²) in [5.74, 6) is 0. The van der Waals surface area contributed by atoms with Crippen molar-refractivity contribution in [3.8, 4) is 0 Å². The van der Waals surface area contributed by atoms with Gasteiger partial charge in [-0.3, -0.25) is 0 Å². The van der Waals surface area contributed by atoms with Crippen molar-refractivity contribution in [1.29, 1.82) is 0 Å². The van der Waals surface area contributed by atoms with Gasteiger partial charge in [-0.25, -0.2) is 0 Å². The van der Waals surface area contributed by atoms with E-state index in [1.807, 2.05) is 0 Å². The van der Waals surface area contributed by atoms with Crippen LogP contribution in [-0.4, -0.2) is 48.7 Å². The van der Waals surface area contributed by atoms with E-state index in [1.165, 1.54) is 0 Å². The molecule has 4 heteroatoms. The second-order valence-electron chi connectivity index (χ2n) is 3.11. The zero-order valence-corrected chi connectivity index (χ0v) is 7.20. The summed E-state index contributed by atoms with van der Waals surface area (Å²) in [5, 5.41) is 20.5. The van der Waals surface area contributed by atoms with Crippen LogP contribution in [0, 0.1) is 0 Å². The number of ether oxygens (including phenoxy) is 1. The van der Waals surface area contributed by atoms with Crippen LogP contribution < -0.4 is 5.32 Å². The lowest BCUT2D eigenvalue weighted by Gasteiger charge is -2.16. The maximum Gasteiger partial charge on any atom is 0.0700 e. The first-order valence-corrected chi connectivity index (χ1v) is 4.43. The molecule has 0 saturated carbocycles. The fourth-order valence-corrected chi connectivity index (χ4v) is 1.29.